The Morgan fingerprint density at radius 2 is 1.76 bits per heavy atom. The Bertz CT molecular complexity index is 803. The largest absolute Gasteiger partial charge is 0.573 e. The molecule has 2 aromatic rings. The molecule has 1 amide bonds. The van der Waals surface area contributed by atoms with Gasteiger partial charge in [-0.05, 0) is 24.3 Å². The fourth-order valence-electron chi connectivity index (χ4n) is 2.22. The molecule has 2 aromatic carbocycles. The van der Waals surface area contributed by atoms with Gasteiger partial charge in [0, 0.05) is 17.5 Å². The molecule has 0 fully saturated rings. The molecule has 0 aliphatic heterocycles. The van der Waals surface area contributed by atoms with E-state index in [9.17, 15) is 22.8 Å². The van der Waals surface area contributed by atoms with E-state index >= 15 is 0 Å². The highest BCUT2D eigenvalue weighted by atomic mass is 19.4. The van der Waals surface area contributed by atoms with Crippen molar-refractivity contribution in [3.05, 3.63) is 59.2 Å². The minimum absolute atomic E-state index is 0.0422. The average molecular weight is 353 g/mol. The summed E-state index contributed by atoms with van der Waals surface area (Å²) in [7, 11) is 1.33. The van der Waals surface area contributed by atoms with Gasteiger partial charge >= 0.3 is 6.36 Å². The molecule has 25 heavy (non-hydrogen) atoms. The highest BCUT2D eigenvalue weighted by Gasteiger charge is 2.32. The third kappa shape index (κ3) is 4.72. The first-order valence-electron chi connectivity index (χ1n) is 7.06. The third-order valence-corrected chi connectivity index (χ3v) is 3.33. The number of rotatable bonds is 6. The smallest absolute Gasteiger partial charge is 0.496 e. The third-order valence-electron chi connectivity index (χ3n) is 3.33. The predicted molar refractivity (Wildman–Crippen MR) is 82.7 cm³/mol. The summed E-state index contributed by atoms with van der Waals surface area (Å²) < 4.78 is 46.4. The molecule has 0 aliphatic carbocycles. The monoisotopic (exact) mass is 353 g/mol. The lowest BCUT2D eigenvalue weighted by Crippen LogP contribution is -2.19. The van der Waals surface area contributed by atoms with Crippen LogP contribution in [0.3, 0.4) is 0 Å². The molecule has 0 spiro atoms. The Labute approximate surface area is 141 Å². The molecular formula is C17H14F3NO4. The second-order valence-corrected chi connectivity index (χ2v) is 5.03. The van der Waals surface area contributed by atoms with Crippen LogP contribution < -0.4 is 15.2 Å². The number of hydrogen-bond donors (Lipinski definition) is 1. The van der Waals surface area contributed by atoms with E-state index in [1.807, 2.05) is 0 Å². The van der Waals surface area contributed by atoms with Crippen molar-refractivity contribution >= 4 is 11.7 Å². The number of alkyl halides is 3. The van der Waals surface area contributed by atoms with Crippen molar-refractivity contribution < 1.29 is 32.2 Å². The second-order valence-electron chi connectivity index (χ2n) is 5.03. The summed E-state index contributed by atoms with van der Waals surface area (Å²) in [4.78, 5) is 23.8. The Morgan fingerprint density at radius 1 is 1.08 bits per heavy atom. The van der Waals surface area contributed by atoms with Crippen LogP contribution in [0.2, 0.25) is 0 Å². The summed E-state index contributed by atoms with van der Waals surface area (Å²) in [6.07, 6.45) is -5.24. The first kappa shape index (κ1) is 18.3. The van der Waals surface area contributed by atoms with Crippen LogP contribution in [0.15, 0.2) is 42.5 Å². The lowest BCUT2D eigenvalue weighted by atomic mass is 9.99. The molecule has 5 nitrogen and oxygen atoms in total. The number of benzene rings is 2. The van der Waals surface area contributed by atoms with Gasteiger partial charge in [-0.3, -0.25) is 9.59 Å². The van der Waals surface area contributed by atoms with E-state index in [0.717, 1.165) is 6.07 Å². The van der Waals surface area contributed by atoms with Crippen molar-refractivity contribution in [1.82, 2.24) is 0 Å². The van der Waals surface area contributed by atoms with Crippen LogP contribution in [-0.2, 0) is 6.42 Å². The number of carbonyl (C=O) groups is 2. The zero-order chi connectivity index (χ0) is 18.6. The summed E-state index contributed by atoms with van der Waals surface area (Å²) in [5.74, 6) is -1.56. The number of methoxy groups -OCH3 is 1. The van der Waals surface area contributed by atoms with Crippen LogP contribution in [-0.4, -0.2) is 25.2 Å². The standard InChI is InChI=1S/C17H14F3NO4/c1-24-15-7-6-11(16(21)23)8-12(15)13(22)9-10-4-2-3-5-14(10)25-17(18,19)20/h2-8H,9H2,1H3,(H2,21,23). The predicted octanol–water partition coefficient (Wildman–Crippen LogP) is 3.12. The fourth-order valence-corrected chi connectivity index (χ4v) is 2.22. The van der Waals surface area contributed by atoms with Crippen LogP contribution in [0.25, 0.3) is 0 Å². The first-order valence-corrected chi connectivity index (χ1v) is 7.06. The zero-order valence-electron chi connectivity index (χ0n) is 13.1. The second kappa shape index (κ2) is 7.25. The lowest BCUT2D eigenvalue weighted by Gasteiger charge is -2.13. The van der Waals surface area contributed by atoms with Gasteiger partial charge in [-0.25, -0.2) is 0 Å². The van der Waals surface area contributed by atoms with Crippen LogP contribution in [0, 0.1) is 0 Å². The van der Waals surface area contributed by atoms with Crippen molar-refractivity contribution in [2.24, 2.45) is 5.73 Å². The van der Waals surface area contributed by atoms with Crippen LogP contribution in [0.1, 0.15) is 26.3 Å². The molecule has 132 valence electrons. The molecule has 0 saturated heterocycles. The van der Waals surface area contributed by atoms with E-state index < -0.39 is 23.8 Å². The highest BCUT2D eigenvalue weighted by molar-refractivity contribution is 6.03. The number of carbonyl (C=O) groups excluding carboxylic acids is 2. The number of primary amides is 1. The van der Waals surface area contributed by atoms with Gasteiger partial charge in [0.25, 0.3) is 0 Å². The topological polar surface area (TPSA) is 78.6 Å². The number of amides is 1. The number of Topliss-reactive ketones (excluding diaryl/α,β-unsaturated/α-hetero) is 1. The van der Waals surface area contributed by atoms with Gasteiger partial charge in [0.05, 0.1) is 12.7 Å². The summed E-state index contributed by atoms with van der Waals surface area (Å²) in [5.41, 5.74) is 5.37. The van der Waals surface area contributed by atoms with Gasteiger partial charge in [0.2, 0.25) is 5.91 Å². The van der Waals surface area contributed by atoms with Crippen molar-refractivity contribution in [3.63, 3.8) is 0 Å². The normalized spacial score (nSPS) is 11.0. The van der Waals surface area contributed by atoms with E-state index in [4.69, 9.17) is 10.5 Å². The summed E-state index contributed by atoms with van der Waals surface area (Å²) in [5, 5.41) is 0. The zero-order valence-corrected chi connectivity index (χ0v) is 13.1. The summed E-state index contributed by atoms with van der Waals surface area (Å²) in [6, 6.07) is 9.35. The minimum Gasteiger partial charge on any atom is -0.496 e. The number of nitrogens with two attached hydrogens (primary N) is 1. The van der Waals surface area contributed by atoms with Gasteiger partial charge < -0.3 is 15.2 Å². The Balaban J connectivity index is 2.35. The Hall–Kier alpha value is -3.03. The number of para-hydroxylation sites is 1. The van der Waals surface area contributed by atoms with Crippen molar-refractivity contribution in [1.29, 1.82) is 0 Å². The van der Waals surface area contributed by atoms with Gasteiger partial charge in [-0.1, -0.05) is 18.2 Å². The van der Waals surface area contributed by atoms with Crippen LogP contribution >= 0.6 is 0 Å². The summed E-state index contributed by atoms with van der Waals surface area (Å²) in [6.45, 7) is 0. The Kier molecular flexibility index (Phi) is 5.31. The molecule has 0 aliphatic rings. The molecule has 0 bridgehead atoms. The van der Waals surface area contributed by atoms with Gasteiger partial charge in [-0.15, -0.1) is 13.2 Å². The van der Waals surface area contributed by atoms with E-state index in [1.165, 1.54) is 43.5 Å². The minimum atomic E-state index is -4.87. The molecule has 0 saturated carbocycles. The lowest BCUT2D eigenvalue weighted by molar-refractivity contribution is -0.274. The maximum atomic E-state index is 12.5. The molecule has 0 radical (unpaired) electrons. The quantitative estimate of drug-likeness (QED) is 0.810. The highest BCUT2D eigenvalue weighted by Crippen LogP contribution is 2.28. The molecule has 0 atom stereocenters. The first-order chi connectivity index (χ1) is 11.7. The van der Waals surface area contributed by atoms with Crippen molar-refractivity contribution in [3.8, 4) is 11.5 Å². The van der Waals surface area contributed by atoms with Crippen LogP contribution in [0.5, 0.6) is 11.5 Å². The number of ether oxygens (including phenoxy) is 2. The van der Waals surface area contributed by atoms with E-state index in [2.05, 4.69) is 4.74 Å². The molecule has 2 rings (SSSR count). The van der Waals surface area contributed by atoms with Gasteiger partial charge in [-0.2, -0.15) is 0 Å². The molecule has 2 N–H and O–H groups in total. The van der Waals surface area contributed by atoms with Crippen molar-refractivity contribution in [2.75, 3.05) is 7.11 Å². The van der Waals surface area contributed by atoms with Gasteiger partial charge in [0.1, 0.15) is 11.5 Å². The molecule has 0 unspecified atom stereocenters. The van der Waals surface area contributed by atoms with Gasteiger partial charge in [0.15, 0.2) is 5.78 Å². The molecule has 8 heteroatoms. The SMILES string of the molecule is COc1ccc(C(N)=O)cc1C(=O)Cc1ccccc1OC(F)(F)F. The molecule has 0 heterocycles. The van der Waals surface area contributed by atoms with Crippen molar-refractivity contribution in [2.45, 2.75) is 12.8 Å². The fraction of sp³-hybridized carbons (Fsp3) is 0.176. The van der Waals surface area contributed by atoms with E-state index in [1.54, 1.807) is 0 Å². The van der Waals surface area contributed by atoms with E-state index in [-0.39, 0.29) is 28.9 Å². The number of hydrogen-bond acceptors (Lipinski definition) is 4. The summed E-state index contributed by atoms with van der Waals surface area (Å²) >= 11 is 0. The maximum Gasteiger partial charge on any atom is 0.573 e. The Morgan fingerprint density at radius 3 is 2.36 bits per heavy atom. The molecule has 0 aromatic heterocycles. The average Bonchev–Trinajstić information content (AvgIpc) is 2.54. The van der Waals surface area contributed by atoms with E-state index in [0.29, 0.717) is 0 Å². The van der Waals surface area contributed by atoms with Crippen LogP contribution in [0.4, 0.5) is 13.2 Å². The molecular weight excluding hydrogens is 339 g/mol. The number of ketones is 1. The number of halogens is 3. The maximum absolute atomic E-state index is 12.5.